The number of imide groups is 1. The lowest BCUT2D eigenvalue weighted by molar-refractivity contribution is -0.139. The van der Waals surface area contributed by atoms with Crippen LogP contribution in [0.2, 0.25) is 0 Å². The van der Waals surface area contributed by atoms with Crippen LogP contribution in [0.1, 0.15) is 39.5 Å². The summed E-state index contributed by atoms with van der Waals surface area (Å²) in [6, 6.07) is 4.68. The number of carbonyl (C=O) groups excluding carboxylic acids is 2. The third-order valence-electron chi connectivity index (χ3n) is 6.20. The number of rotatable bonds is 7. The first kappa shape index (κ1) is 20.1. The summed E-state index contributed by atoms with van der Waals surface area (Å²) < 4.78 is 19.7. The van der Waals surface area contributed by atoms with Gasteiger partial charge in [0, 0.05) is 45.2 Å². The van der Waals surface area contributed by atoms with Crippen LogP contribution in [0.15, 0.2) is 18.2 Å². The van der Waals surface area contributed by atoms with E-state index in [1.54, 1.807) is 12.1 Å². The van der Waals surface area contributed by atoms with E-state index in [-0.39, 0.29) is 29.2 Å². The van der Waals surface area contributed by atoms with Crippen molar-refractivity contribution < 1.29 is 18.7 Å². The summed E-state index contributed by atoms with van der Waals surface area (Å²) in [7, 11) is 0. The van der Waals surface area contributed by atoms with Crippen molar-refractivity contribution in [2.45, 2.75) is 45.6 Å². The van der Waals surface area contributed by atoms with Crippen molar-refractivity contribution in [2.75, 3.05) is 44.2 Å². The van der Waals surface area contributed by atoms with Crippen molar-refractivity contribution >= 4 is 17.5 Å². The Morgan fingerprint density at radius 3 is 2.45 bits per heavy atom. The summed E-state index contributed by atoms with van der Waals surface area (Å²) in [6.07, 6.45) is 3.00. The maximum absolute atomic E-state index is 13.8. The molecule has 0 bridgehead atoms. The monoisotopic (exact) mass is 403 g/mol. The Balaban J connectivity index is 1.26. The predicted molar refractivity (Wildman–Crippen MR) is 108 cm³/mol. The molecule has 0 N–H and O–H groups in total. The number of piperazine rings is 1. The van der Waals surface area contributed by atoms with Crippen LogP contribution < -0.4 is 9.64 Å². The van der Waals surface area contributed by atoms with E-state index < -0.39 is 0 Å². The zero-order chi connectivity index (χ0) is 20.6. The summed E-state index contributed by atoms with van der Waals surface area (Å²) in [5.74, 6) is 0.513. The van der Waals surface area contributed by atoms with Crippen LogP contribution in [0.5, 0.6) is 5.75 Å². The summed E-state index contributed by atoms with van der Waals surface area (Å²) >= 11 is 0. The quantitative estimate of drug-likeness (QED) is 0.655. The van der Waals surface area contributed by atoms with E-state index in [0.29, 0.717) is 13.0 Å². The van der Waals surface area contributed by atoms with E-state index in [9.17, 15) is 14.0 Å². The van der Waals surface area contributed by atoms with Gasteiger partial charge in [0.05, 0.1) is 17.2 Å². The first-order chi connectivity index (χ1) is 13.9. The number of nitrogens with zero attached hydrogens (tertiary/aromatic N) is 3. The van der Waals surface area contributed by atoms with Gasteiger partial charge in [-0.15, -0.1) is 0 Å². The highest BCUT2D eigenvalue weighted by atomic mass is 19.1. The number of amides is 2. The minimum Gasteiger partial charge on any atom is -0.489 e. The van der Waals surface area contributed by atoms with E-state index in [1.165, 1.54) is 11.0 Å². The molecule has 1 aromatic rings. The van der Waals surface area contributed by atoms with Gasteiger partial charge >= 0.3 is 0 Å². The molecule has 3 fully saturated rings. The van der Waals surface area contributed by atoms with Gasteiger partial charge in [-0.3, -0.25) is 19.4 Å². The van der Waals surface area contributed by atoms with Crippen LogP contribution in [-0.4, -0.2) is 67.0 Å². The molecular formula is C22H30FN3O3. The fourth-order valence-electron chi connectivity index (χ4n) is 4.38. The van der Waals surface area contributed by atoms with Crippen LogP contribution in [0.25, 0.3) is 0 Å². The maximum Gasteiger partial charge on any atom is 0.235 e. The van der Waals surface area contributed by atoms with Crippen molar-refractivity contribution in [1.29, 1.82) is 0 Å². The van der Waals surface area contributed by atoms with Crippen molar-refractivity contribution in [3.63, 3.8) is 0 Å². The summed E-state index contributed by atoms with van der Waals surface area (Å²) in [4.78, 5) is 30.5. The molecule has 4 rings (SSSR count). The molecule has 1 aromatic carbocycles. The Labute approximate surface area is 171 Å². The average molecular weight is 403 g/mol. The third-order valence-corrected chi connectivity index (χ3v) is 6.20. The molecule has 2 aliphatic heterocycles. The second-order valence-electron chi connectivity index (χ2n) is 8.77. The molecule has 0 atom stereocenters. The normalized spacial score (nSPS) is 21.5. The first-order valence-electron chi connectivity index (χ1n) is 10.7. The highest BCUT2D eigenvalue weighted by molar-refractivity contribution is 6.07. The highest BCUT2D eigenvalue weighted by Crippen LogP contribution is 2.54. The number of benzene rings is 1. The van der Waals surface area contributed by atoms with Gasteiger partial charge in [0.1, 0.15) is 11.6 Å². The van der Waals surface area contributed by atoms with Gasteiger partial charge in [0.25, 0.3) is 0 Å². The molecular weight excluding hydrogens is 373 g/mol. The van der Waals surface area contributed by atoms with E-state index >= 15 is 0 Å². The smallest absolute Gasteiger partial charge is 0.235 e. The zero-order valence-corrected chi connectivity index (χ0v) is 17.3. The fraction of sp³-hybridized carbons (Fsp3) is 0.636. The molecule has 29 heavy (non-hydrogen) atoms. The van der Waals surface area contributed by atoms with Crippen molar-refractivity contribution in [2.24, 2.45) is 5.41 Å². The van der Waals surface area contributed by atoms with E-state index in [2.05, 4.69) is 9.80 Å². The number of anilines is 1. The Morgan fingerprint density at radius 1 is 1.10 bits per heavy atom. The topological polar surface area (TPSA) is 53.1 Å². The predicted octanol–water partition coefficient (Wildman–Crippen LogP) is 2.66. The molecule has 1 saturated carbocycles. The second-order valence-corrected chi connectivity index (χ2v) is 8.77. The Bertz CT molecular complexity index is 786. The molecule has 6 nitrogen and oxygen atoms in total. The van der Waals surface area contributed by atoms with Gasteiger partial charge in [-0.2, -0.15) is 0 Å². The van der Waals surface area contributed by atoms with Gasteiger partial charge in [-0.1, -0.05) is 0 Å². The molecule has 1 aliphatic carbocycles. The molecule has 0 radical (unpaired) electrons. The molecule has 3 aliphatic rings. The molecule has 0 aromatic heterocycles. The summed E-state index contributed by atoms with van der Waals surface area (Å²) in [5.41, 5.74) is 0.491. The van der Waals surface area contributed by atoms with Gasteiger partial charge in [0.15, 0.2) is 0 Å². The van der Waals surface area contributed by atoms with E-state index in [0.717, 1.165) is 63.4 Å². The number of halogens is 1. The van der Waals surface area contributed by atoms with Crippen LogP contribution in [0.4, 0.5) is 10.1 Å². The second kappa shape index (κ2) is 7.94. The van der Waals surface area contributed by atoms with Crippen LogP contribution >= 0.6 is 0 Å². The molecule has 0 unspecified atom stereocenters. The number of likely N-dealkylation sites (tertiary alicyclic amines) is 1. The largest absolute Gasteiger partial charge is 0.489 e. The lowest BCUT2D eigenvalue weighted by Gasteiger charge is -2.37. The number of hydrogen-bond acceptors (Lipinski definition) is 5. The Morgan fingerprint density at radius 2 is 1.83 bits per heavy atom. The first-order valence-corrected chi connectivity index (χ1v) is 10.7. The van der Waals surface area contributed by atoms with Crippen LogP contribution in [-0.2, 0) is 9.59 Å². The molecule has 2 amide bonds. The highest BCUT2D eigenvalue weighted by Gasteiger charge is 2.59. The van der Waals surface area contributed by atoms with Crippen molar-refractivity contribution in [3.05, 3.63) is 24.0 Å². The third kappa shape index (κ3) is 4.25. The number of carbonyl (C=O) groups is 2. The van der Waals surface area contributed by atoms with Gasteiger partial charge in [-0.25, -0.2) is 4.39 Å². The van der Waals surface area contributed by atoms with Gasteiger partial charge in [0.2, 0.25) is 11.8 Å². The molecule has 7 heteroatoms. The standard InChI is InChI=1S/C22H30FN3O3/c1-16(2)29-19-5-4-17(23)14-18(19)25-12-10-24(11-13-25)8-3-9-26-20(27)15-22(6-7-22)21(26)28/h4-5,14,16H,3,6-13,15H2,1-2H3. The summed E-state index contributed by atoms with van der Waals surface area (Å²) in [5, 5.41) is 0. The van der Waals surface area contributed by atoms with Crippen molar-refractivity contribution in [1.82, 2.24) is 9.80 Å². The van der Waals surface area contributed by atoms with Crippen LogP contribution in [0, 0.1) is 11.2 Å². The van der Waals surface area contributed by atoms with Crippen LogP contribution in [0.3, 0.4) is 0 Å². The summed E-state index contributed by atoms with van der Waals surface area (Å²) in [6.45, 7) is 8.63. The number of ether oxygens (including phenoxy) is 1. The minimum absolute atomic E-state index is 0.00102. The van der Waals surface area contributed by atoms with Crippen molar-refractivity contribution in [3.8, 4) is 5.75 Å². The fourth-order valence-corrected chi connectivity index (χ4v) is 4.38. The number of hydrogen-bond donors (Lipinski definition) is 0. The zero-order valence-electron chi connectivity index (χ0n) is 17.3. The minimum atomic E-state index is -0.316. The lowest BCUT2D eigenvalue weighted by atomic mass is 10.1. The molecule has 1 spiro atoms. The Kier molecular flexibility index (Phi) is 5.51. The van der Waals surface area contributed by atoms with Gasteiger partial charge in [-0.05, 0) is 51.8 Å². The molecule has 2 heterocycles. The average Bonchev–Trinajstić information content (AvgIpc) is 3.42. The van der Waals surface area contributed by atoms with E-state index in [4.69, 9.17) is 4.74 Å². The molecule has 158 valence electrons. The maximum atomic E-state index is 13.8. The Hall–Kier alpha value is -2.15. The van der Waals surface area contributed by atoms with Gasteiger partial charge < -0.3 is 9.64 Å². The SMILES string of the molecule is CC(C)Oc1ccc(F)cc1N1CCN(CCCN2C(=O)CC3(CC3)C2=O)CC1. The van der Waals surface area contributed by atoms with E-state index in [1.807, 2.05) is 13.8 Å². The lowest BCUT2D eigenvalue weighted by Crippen LogP contribution is -2.47. The molecule has 2 saturated heterocycles.